The largest absolute Gasteiger partial charge is 0.497 e. The maximum absolute atomic E-state index is 12.1. The first-order valence-corrected chi connectivity index (χ1v) is 10.9. The summed E-state index contributed by atoms with van der Waals surface area (Å²) in [6, 6.07) is 9.82. The Morgan fingerprint density at radius 1 is 1.22 bits per heavy atom. The molecule has 0 saturated carbocycles. The lowest BCUT2D eigenvalue weighted by molar-refractivity contribution is -0.119. The van der Waals surface area contributed by atoms with Gasteiger partial charge in [0.1, 0.15) is 23.8 Å². The molecule has 1 saturated heterocycles. The fourth-order valence-electron chi connectivity index (χ4n) is 3.63. The van der Waals surface area contributed by atoms with Gasteiger partial charge in [-0.2, -0.15) is 0 Å². The second kappa shape index (κ2) is 12.0. The van der Waals surface area contributed by atoms with Crippen LogP contribution in [0.3, 0.4) is 0 Å². The minimum absolute atomic E-state index is 0.0517. The van der Waals surface area contributed by atoms with E-state index in [-0.39, 0.29) is 18.5 Å². The number of likely N-dealkylation sites (tertiary alicyclic amines) is 1. The van der Waals surface area contributed by atoms with E-state index in [4.69, 9.17) is 13.9 Å². The molecule has 1 atom stereocenters. The topological polar surface area (TPSA) is 100 Å². The zero-order chi connectivity index (χ0) is 22.8. The van der Waals surface area contributed by atoms with Crippen molar-refractivity contribution in [3.63, 3.8) is 0 Å². The number of methoxy groups -OCH3 is 2. The van der Waals surface area contributed by atoms with Crippen molar-refractivity contribution >= 4 is 11.9 Å². The third kappa shape index (κ3) is 7.19. The average molecular weight is 444 g/mol. The number of nitrogens with one attached hydrogen (secondary N) is 3. The molecule has 9 nitrogen and oxygen atoms in total. The maximum atomic E-state index is 12.1. The summed E-state index contributed by atoms with van der Waals surface area (Å²) in [6.45, 7) is 5.81. The van der Waals surface area contributed by atoms with Crippen molar-refractivity contribution in [1.29, 1.82) is 0 Å². The van der Waals surface area contributed by atoms with Crippen LogP contribution in [-0.2, 0) is 17.9 Å². The molecule has 9 heteroatoms. The molecule has 3 rings (SSSR count). The Kier molecular flexibility index (Phi) is 8.79. The van der Waals surface area contributed by atoms with Gasteiger partial charge in [0, 0.05) is 38.3 Å². The number of amides is 1. The van der Waals surface area contributed by atoms with Crippen LogP contribution in [0.5, 0.6) is 11.5 Å². The number of nitrogens with zero attached hydrogens (tertiary/aromatic N) is 2. The fraction of sp³-hybridized carbons (Fsp3) is 0.478. The van der Waals surface area contributed by atoms with Crippen LogP contribution >= 0.6 is 0 Å². The van der Waals surface area contributed by atoms with E-state index in [9.17, 15) is 4.79 Å². The SMILES string of the molecule is CCNC(=NCC(=O)NCc1ccco1)NC1CCN(Cc2cc(OC)cc(OC)c2)C1. The summed E-state index contributed by atoms with van der Waals surface area (Å²) in [5.41, 5.74) is 1.15. The molecule has 1 aliphatic heterocycles. The zero-order valence-corrected chi connectivity index (χ0v) is 19.0. The minimum atomic E-state index is -0.154. The quantitative estimate of drug-likeness (QED) is 0.380. The number of aliphatic imine (C=N–C) groups is 1. The molecular formula is C23H33N5O4. The Morgan fingerprint density at radius 2 is 2.00 bits per heavy atom. The van der Waals surface area contributed by atoms with Crippen molar-refractivity contribution in [2.45, 2.75) is 32.5 Å². The zero-order valence-electron chi connectivity index (χ0n) is 19.0. The summed E-state index contributed by atoms with van der Waals surface area (Å²) < 4.78 is 16.0. The van der Waals surface area contributed by atoms with Crippen molar-refractivity contribution in [2.75, 3.05) is 40.4 Å². The molecule has 1 aliphatic rings. The summed E-state index contributed by atoms with van der Waals surface area (Å²) in [7, 11) is 3.32. The Bertz CT molecular complexity index is 862. The number of furan rings is 1. The number of guanidine groups is 1. The van der Waals surface area contributed by atoms with Crippen LogP contribution in [0.15, 0.2) is 46.0 Å². The fourth-order valence-corrected chi connectivity index (χ4v) is 3.63. The first-order chi connectivity index (χ1) is 15.6. The molecule has 0 radical (unpaired) electrons. The molecule has 1 aromatic heterocycles. The first kappa shape index (κ1) is 23.5. The molecule has 0 aliphatic carbocycles. The van der Waals surface area contributed by atoms with Gasteiger partial charge in [0.05, 0.1) is 27.0 Å². The van der Waals surface area contributed by atoms with E-state index >= 15 is 0 Å². The molecule has 1 fully saturated rings. The van der Waals surface area contributed by atoms with Gasteiger partial charge in [0.15, 0.2) is 5.96 Å². The minimum Gasteiger partial charge on any atom is -0.497 e. The summed E-state index contributed by atoms with van der Waals surface area (Å²) in [6.07, 6.45) is 2.58. The van der Waals surface area contributed by atoms with Gasteiger partial charge in [-0.15, -0.1) is 0 Å². The second-order valence-corrected chi connectivity index (χ2v) is 7.64. The van der Waals surface area contributed by atoms with Gasteiger partial charge in [-0.3, -0.25) is 9.69 Å². The first-order valence-electron chi connectivity index (χ1n) is 10.9. The highest BCUT2D eigenvalue weighted by Gasteiger charge is 2.23. The predicted molar refractivity (Wildman–Crippen MR) is 123 cm³/mol. The molecular weight excluding hydrogens is 410 g/mol. The Morgan fingerprint density at radius 3 is 2.66 bits per heavy atom. The Hall–Kier alpha value is -3.20. The Balaban J connectivity index is 1.49. The molecule has 1 aromatic carbocycles. The van der Waals surface area contributed by atoms with E-state index in [0.29, 0.717) is 18.3 Å². The number of ether oxygens (including phenoxy) is 2. The van der Waals surface area contributed by atoms with Crippen LogP contribution in [0.25, 0.3) is 0 Å². The number of carbonyl (C=O) groups is 1. The number of hydrogen-bond acceptors (Lipinski definition) is 6. The van der Waals surface area contributed by atoms with Gasteiger partial charge in [-0.25, -0.2) is 4.99 Å². The van der Waals surface area contributed by atoms with Crippen LogP contribution in [0.1, 0.15) is 24.7 Å². The number of carbonyl (C=O) groups excluding carboxylic acids is 1. The van der Waals surface area contributed by atoms with E-state index in [1.54, 1.807) is 26.5 Å². The number of hydrogen-bond donors (Lipinski definition) is 3. The maximum Gasteiger partial charge on any atom is 0.242 e. The van der Waals surface area contributed by atoms with Crippen LogP contribution in [0, 0.1) is 0 Å². The van der Waals surface area contributed by atoms with Crippen molar-refractivity contribution < 1.29 is 18.7 Å². The molecule has 2 aromatic rings. The van der Waals surface area contributed by atoms with Crippen LogP contribution in [0.2, 0.25) is 0 Å². The molecule has 3 N–H and O–H groups in total. The molecule has 0 spiro atoms. The summed E-state index contributed by atoms with van der Waals surface area (Å²) >= 11 is 0. The van der Waals surface area contributed by atoms with E-state index in [1.807, 2.05) is 31.2 Å². The van der Waals surface area contributed by atoms with Crippen LogP contribution in [-0.4, -0.2) is 63.2 Å². The highest BCUT2D eigenvalue weighted by Crippen LogP contribution is 2.24. The Labute approximate surface area is 189 Å². The van der Waals surface area contributed by atoms with E-state index in [2.05, 4.69) is 25.8 Å². The summed E-state index contributed by atoms with van der Waals surface area (Å²) in [5, 5.41) is 9.48. The second-order valence-electron chi connectivity index (χ2n) is 7.64. The van der Waals surface area contributed by atoms with Crippen molar-refractivity contribution in [1.82, 2.24) is 20.9 Å². The third-order valence-corrected chi connectivity index (χ3v) is 5.20. The molecule has 174 valence electrons. The molecule has 2 heterocycles. The number of benzene rings is 1. The van der Waals surface area contributed by atoms with Crippen molar-refractivity contribution in [3.8, 4) is 11.5 Å². The molecule has 1 unspecified atom stereocenters. The van der Waals surface area contributed by atoms with Crippen LogP contribution < -0.4 is 25.4 Å². The lowest BCUT2D eigenvalue weighted by atomic mass is 10.2. The summed E-state index contributed by atoms with van der Waals surface area (Å²) in [4.78, 5) is 18.9. The lowest BCUT2D eigenvalue weighted by Crippen LogP contribution is -2.45. The van der Waals surface area contributed by atoms with Gasteiger partial charge in [-0.05, 0) is 43.2 Å². The third-order valence-electron chi connectivity index (χ3n) is 5.20. The average Bonchev–Trinajstić information content (AvgIpc) is 3.48. The molecule has 0 bridgehead atoms. The molecule has 32 heavy (non-hydrogen) atoms. The van der Waals surface area contributed by atoms with Gasteiger partial charge < -0.3 is 29.8 Å². The standard InChI is InChI=1S/C23H33N5O4/c1-4-24-23(26-14-22(29)25-13-19-6-5-9-32-19)27-18-7-8-28(16-18)15-17-10-20(30-2)12-21(11-17)31-3/h5-6,9-12,18H,4,7-8,13-16H2,1-3H3,(H,25,29)(H2,24,26,27). The van der Waals surface area contributed by atoms with Gasteiger partial charge in [0.25, 0.3) is 0 Å². The summed E-state index contributed by atoms with van der Waals surface area (Å²) in [5.74, 6) is 2.79. The predicted octanol–water partition coefficient (Wildman–Crippen LogP) is 1.74. The van der Waals surface area contributed by atoms with Crippen molar-refractivity contribution in [2.24, 2.45) is 4.99 Å². The van der Waals surface area contributed by atoms with E-state index < -0.39 is 0 Å². The monoisotopic (exact) mass is 443 g/mol. The molecule has 1 amide bonds. The lowest BCUT2D eigenvalue weighted by Gasteiger charge is -2.19. The van der Waals surface area contributed by atoms with Crippen molar-refractivity contribution in [3.05, 3.63) is 47.9 Å². The highest BCUT2D eigenvalue weighted by atomic mass is 16.5. The van der Waals surface area contributed by atoms with E-state index in [0.717, 1.165) is 49.7 Å². The normalized spacial score (nSPS) is 16.6. The van der Waals surface area contributed by atoms with Gasteiger partial charge in [-0.1, -0.05) is 0 Å². The van der Waals surface area contributed by atoms with Gasteiger partial charge >= 0.3 is 0 Å². The van der Waals surface area contributed by atoms with E-state index in [1.165, 1.54) is 0 Å². The highest BCUT2D eigenvalue weighted by molar-refractivity contribution is 5.85. The smallest absolute Gasteiger partial charge is 0.242 e. The van der Waals surface area contributed by atoms with Crippen LogP contribution in [0.4, 0.5) is 0 Å². The number of rotatable bonds is 10. The van der Waals surface area contributed by atoms with Gasteiger partial charge in [0.2, 0.25) is 5.91 Å².